The topological polar surface area (TPSA) is 117 Å². The van der Waals surface area contributed by atoms with Crippen molar-refractivity contribution in [3.63, 3.8) is 0 Å². The van der Waals surface area contributed by atoms with Gasteiger partial charge in [0.05, 0.1) is 36.6 Å². The molecule has 2 bridgehead atoms. The van der Waals surface area contributed by atoms with Crippen LogP contribution in [-0.4, -0.2) is 93.5 Å². The molecule has 0 saturated carbocycles. The average molecular weight is 765 g/mol. The molecular weight excluding hydrogens is 714 g/mol. The maximum absolute atomic E-state index is 15.1. The number of esters is 1. The van der Waals surface area contributed by atoms with Crippen molar-refractivity contribution in [3.05, 3.63) is 90.5 Å². The van der Waals surface area contributed by atoms with Crippen molar-refractivity contribution in [3.8, 4) is 0 Å². The van der Waals surface area contributed by atoms with Crippen molar-refractivity contribution < 1.29 is 33.8 Å². The number of benzene rings is 2. The van der Waals surface area contributed by atoms with E-state index in [1.807, 2.05) is 76.2 Å². The first kappa shape index (κ1) is 38.4. The van der Waals surface area contributed by atoms with Gasteiger partial charge >= 0.3 is 5.97 Å². The molecule has 1 unspecified atom stereocenters. The van der Waals surface area contributed by atoms with Crippen LogP contribution in [0.5, 0.6) is 0 Å². The van der Waals surface area contributed by atoms with Gasteiger partial charge in [-0.1, -0.05) is 83.5 Å². The first-order chi connectivity index (χ1) is 24.4. The first-order valence-electron chi connectivity index (χ1n) is 17.7. The number of fused-ring (bicyclic) bond motifs is 1. The highest BCUT2D eigenvalue weighted by atomic mass is 79.9. The van der Waals surface area contributed by atoms with Crippen LogP contribution in [0.15, 0.2) is 73.8 Å². The monoisotopic (exact) mass is 763 g/mol. The van der Waals surface area contributed by atoms with E-state index in [0.717, 1.165) is 16.8 Å². The summed E-state index contributed by atoms with van der Waals surface area (Å²) < 4.78 is 13.1. The molecule has 5 rings (SSSR count). The zero-order valence-electron chi connectivity index (χ0n) is 30.2. The zero-order valence-corrected chi connectivity index (χ0v) is 31.8. The molecule has 0 radical (unpaired) electrons. The van der Waals surface area contributed by atoms with Crippen LogP contribution in [-0.2, 0) is 28.7 Å². The van der Waals surface area contributed by atoms with Crippen LogP contribution in [0.25, 0.3) is 0 Å². The summed E-state index contributed by atoms with van der Waals surface area (Å²) in [6.07, 6.45) is 3.21. The average Bonchev–Trinajstić information content (AvgIpc) is 3.72. The van der Waals surface area contributed by atoms with Crippen LogP contribution >= 0.6 is 15.9 Å². The maximum Gasteiger partial charge on any atom is 0.313 e. The molecule has 3 heterocycles. The molecule has 10 nitrogen and oxygen atoms in total. The van der Waals surface area contributed by atoms with Crippen molar-refractivity contribution in [2.24, 2.45) is 11.8 Å². The minimum Gasteiger partial charge on any atom is -0.455 e. The lowest BCUT2D eigenvalue weighted by Crippen LogP contribution is -2.59. The molecule has 3 amide bonds. The van der Waals surface area contributed by atoms with Crippen LogP contribution in [0.3, 0.4) is 0 Å². The van der Waals surface area contributed by atoms with Gasteiger partial charge in [-0.3, -0.25) is 19.2 Å². The van der Waals surface area contributed by atoms with Gasteiger partial charge in [0.15, 0.2) is 0 Å². The number of allylic oxidation sites excluding steroid dienone is 1. The Kier molecular flexibility index (Phi) is 11.9. The van der Waals surface area contributed by atoms with Gasteiger partial charge in [0.25, 0.3) is 5.91 Å². The number of likely N-dealkylation sites (tertiary alicyclic amines) is 1. The Morgan fingerprint density at radius 3 is 2.37 bits per heavy atom. The predicted molar refractivity (Wildman–Crippen MR) is 199 cm³/mol. The largest absolute Gasteiger partial charge is 0.455 e. The Balaban J connectivity index is 1.56. The summed E-state index contributed by atoms with van der Waals surface area (Å²) in [4.78, 5) is 61.8. The van der Waals surface area contributed by atoms with Crippen molar-refractivity contribution in [2.45, 2.75) is 94.1 Å². The molecule has 0 aliphatic carbocycles. The summed E-state index contributed by atoms with van der Waals surface area (Å²) in [7, 11) is 1.68. The van der Waals surface area contributed by atoms with Gasteiger partial charge in [-0.25, -0.2) is 0 Å². The lowest BCUT2D eigenvalue weighted by molar-refractivity contribution is -0.165. The number of hydrogen-bond acceptors (Lipinski definition) is 7. The third kappa shape index (κ3) is 6.80. The quantitative estimate of drug-likeness (QED) is 0.146. The number of aliphatic hydroxyl groups excluding tert-OH is 1. The van der Waals surface area contributed by atoms with Gasteiger partial charge in [0, 0.05) is 30.5 Å². The number of likely N-dealkylation sites (N-methyl/N-ethyl adjacent to an activating group) is 1. The predicted octanol–water partition coefficient (Wildman–Crippen LogP) is 5.44. The van der Waals surface area contributed by atoms with Crippen LogP contribution in [0.4, 0.5) is 5.69 Å². The molecule has 3 saturated heterocycles. The second kappa shape index (κ2) is 15.8. The third-order valence-electron chi connectivity index (χ3n) is 11.0. The minimum atomic E-state index is -1.36. The highest BCUT2D eigenvalue weighted by molar-refractivity contribution is 9.09. The molecule has 2 aromatic rings. The van der Waals surface area contributed by atoms with Crippen LogP contribution in [0, 0.1) is 25.7 Å². The van der Waals surface area contributed by atoms with E-state index in [9.17, 15) is 19.5 Å². The number of nitrogens with zero attached hydrogens (tertiary/aromatic N) is 3. The molecule has 3 fully saturated rings. The fraction of sp³-hybridized carbons (Fsp3) is 0.500. The number of carbonyl (C=O) groups excluding carboxylic acids is 4. The molecule has 11 heteroatoms. The number of ether oxygens (including phenoxy) is 2. The Hall–Kier alpha value is -3.80. The van der Waals surface area contributed by atoms with E-state index in [1.54, 1.807) is 29.0 Å². The molecule has 3 aliphatic heterocycles. The molecule has 274 valence electrons. The highest BCUT2D eigenvalue weighted by Gasteiger charge is 2.77. The van der Waals surface area contributed by atoms with E-state index < -0.39 is 59.6 Å². The first-order valence-corrected chi connectivity index (χ1v) is 18.6. The van der Waals surface area contributed by atoms with Crippen molar-refractivity contribution >= 4 is 45.3 Å². The number of halogens is 1. The van der Waals surface area contributed by atoms with E-state index in [-0.39, 0.29) is 36.2 Å². The van der Waals surface area contributed by atoms with E-state index in [1.165, 1.54) is 4.90 Å². The number of anilines is 1. The standard InChI is InChI=1S/C40H50BrN3O7/c1-8-11-20-30(46)42(7)26(6)34(27-18-13-12-14-19-27)50-39(49)31-32-37(47)44(28(10-3)23-45)36(40(32)22-29(41)35(31)51-40)38(48)43(21-9-2)33-24(4)16-15-17-25(33)5/h8-9,12-19,26,28-29,31-32,34-36,45H,1-2,10-11,20-23H2,3-7H3/t26-,28+,29?,31+,32-,34+,35+,36+,40-/m1/s1. The zero-order chi connectivity index (χ0) is 37.2. The van der Waals surface area contributed by atoms with Crippen LogP contribution in [0.2, 0.25) is 0 Å². The summed E-state index contributed by atoms with van der Waals surface area (Å²) in [5, 5.41) is 10.6. The summed E-state index contributed by atoms with van der Waals surface area (Å²) in [6.45, 7) is 15.0. The number of carbonyl (C=O) groups is 4. The third-order valence-corrected chi connectivity index (χ3v) is 11.8. The number of hydrogen-bond donors (Lipinski definition) is 1. The number of rotatable bonds is 15. The molecule has 51 heavy (non-hydrogen) atoms. The summed E-state index contributed by atoms with van der Waals surface area (Å²) >= 11 is 3.75. The number of aliphatic hydroxyl groups is 1. The molecule has 3 aliphatic rings. The van der Waals surface area contributed by atoms with Crippen molar-refractivity contribution in [1.82, 2.24) is 9.80 Å². The van der Waals surface area contributed by atoms with Crippen molar-refractivity contribution in [2.75, 3.05) is 25.1 Å². The smallest absolute Gasteiger partial charge is 0.313 e. The van der Waals surface area contributed by atoms with Gasteiger partial charge in [-0.15, -0.1) is 13.2 Å². The number of amides is 3. The van der Waals surface area contributed by atoms with Gasteiger partial charge in [0.1, 0.15) is 17.7 Å². The lowest BCUT2D eigenvalue weighted by atomic mass is 9.70. The molecule has 1 spiro atoms. The molecular formula is C40H50BrN3O7. The van der Waals surface area contributed by atoms with Crippen molar-refractivity contribution in [1.29, 1.82) is 0 Å². The Labute approximate surface area is 309 Å². The van der Waals surface area contributed by atoms with E-state index in [2.05, 4.69) is 29.1 Å². The SMILES string of the molecule is C=CCCC(=O)N(C)[C@H](C)[C@H](OC(=O)[C@@H]1[C@H]2O[C@@]3(CC2Br)[C@H](C(=O)N(CC=C)c2c(C)cccc2C)N([C@@H](CC)CO)C(=O)[C@@H]13)c1ccccc1. The van der Waals surface area contributed by atoms with E-state index >= 15 is 4.79 Å². The molecule has 0 aromatic heterocycles. The summed E-state index contributed by atoms with van der Waals surface area (Å²) in [5.41, 5.74) is 1.82. The molecule has 1 N–H and O–H groups in total. The highest BCUT2D eigenvalue weighted by Crippen LogP contribution is 2.61. The normalized spacial score (nSPS) is 26.6. The van der Waals surface area contributed by atoms with E-state index in [4.69, 9.17) is 9.47 Å². The van der Waals surface area contributed by atoms with Crippen LogP contribution < -0.4 is 4.90 Å². The number of alkyl halides is 1. The second-order valence-electron chi connectivity index (χ2n) is 14.0. The molecule has 9 atom stereocenters. The Morgan fingerprint density at radius 2 is 1.78 bits per heavy atom. The van der Waals surface area contributed by atoms with Crippen LogP contribution in [0.1, 0.15) is 62.3 Å². The number of para-hydroxylation sites is 1. The van der Waals surface area contributed by atoms with Gasteiger partial charge < -0.3 is 29.3 Å². The second-order valence-corrected chi connectivity index (χ2v) is 15.1. The fourth-order valence-corrected chi connectivity index (χ4v) is 9.29. The Morgan fingerprint density at radius 1 is 1.12 bits per heavy atom. The van der Waals surface area contributed by atoms with Gasteiger partial charge in [-0.05, 0) is 56.7 Å². The number of aryl methyl sites for hydroxylation is 2. The maximum atomic E-state index is 15.1. The Bertz CT molecular complexity index is 1630. The fourth-order valence-electron chi connectivity index (χ4n) is 8.35. The lowest BCUT2D eigenvalue weighted by Gasteiger charge is -2.39. The molecule has 2 aromatic carbocycles. The summed E-state index contributed by atoms with van der Waals surface area (Å²) in [6, 6.07) is 12.7. The van der Waals surface area contributed by atoms with Gasteiger partial charge in [-0.2, -0.15) is 0 Å². The summed E-state index contributed by atoms with van der Waals surface area (Å²) in [5.74, 6) is -3.60. The van der Waals surface area contributed by atoms with E-state index in [0.29, 0.717) is 24.8 Å². The minimum absolute atomic E-state index is 0.118. The van der Waals surface area contributed by atoms with Gasteiger partial charge in [0.2, 0.25) is 11.8 Å².